The number of likely N-dealkylation sites (N-methyl/N-ethyl adjacent to an activating group) is 1. The molecule has 144 valence electrons. The van der Waals surface area contributed by atoms with Crippen molar-refractivity contribution in [2.75, 3.05) is 46.1 Å². The first-order valence-corrected chi connectivity index (χ1v) is 9.79. The Morgan fingerprint density at radius 2 is 2.23 bits per heavy atom. The lowest BCUT2D eigenvalue weighted by Crippen LogP contribution is -2.52. The SMILES string of the molecule is CSc1cc(C)ccc1CNC(=O)N1CCOC(CN(C)CC(=O)O)C1. The predicted molar refractivity (Wildman–Crippen MR) is 102 cm³/mol. The number of rotatable bonds is 7. The van der Waals surface area contributed by atoms with E-state index < -0.39 is 5.97 Å². The normalized spacial score (nSPS) is 17.4. The number of carboxylic acids is 1. The molecule has 1 aliphatic rings. The molecule has 0 aromatic heterocycles. The molecule has 2 amide bonds. The van der Waals surface area contributed by atoms with E-state index in [4.69, 9.17) is 9.84 Å². The summed E-state index contributed by atoms with van der Waals surface area (Å²) in [5, 5.41) is 11.8. The third kappa shape index (κ3) is 6.19. The number of nitrogens with one attached hydrogen (secondary N) is 1. The Balaban J connectivity index is 1.86. The lowest BCUT2D eigenvalue weighted by atomic mass is 10.1. The maximum absolute atomic E-state index is 12.5. The van der Waals surface area contributed by atoms with E-state index in [9.17, 15) is 9.59 Å². The van der Waals surface area contributed by atoms with Crippen LogP contribution in [-0.4, -0.2) is 79.1 Å². The third-order valence-electron chi connectivity index (χ3n) is 4.22. The maximum Gasteiger partial charge on any atom is 0.317 e. The van der Waals surface area contributed by atoms with Gasteiger partial charge in [-0.2, -0.15) is 0 Å². The molecule has 1 aliphatic heterocycles. The van der Waals surface area contributed by atoms with E-state index >= 15 is 0 Å². The van der Waals surface area contributed by atoms with Crippen LogP contribution in [0, 0.1) is 6.92 Å². The van der Waals surface area contributed by atoms with Crippen molar-refractivity contribution in [2.24, 2.45) is 0 Å². The minimum atomic E-state index is -0.874. The molecule has 26 heavy (non-hydrogen) atoms. The lowest BCUT2D eigenvalue weighted by molar-refractivity contribution is -0.138. The molecule has 1 aromatic carbocycles. The van der Waals surface area contributed by atoms with Crippen LogP contribution in [0.25, 0.3) is 0 Å². The van der Waals surface area contributed by atoms with Gasteiger partial charge < -0.3 is 20.1 Å². The van der Waals surface area contributed by atoms with Crippen LogP contribution in [0.1, 0.15) is 11.1 Å². The quantitative estimate of drug-likeness (QED) is 0.699. The summed E-state index contributed by atoms with van der Waals surface area (Å²) < 4.78 is 5.66. The molecule has 1 saturated heterocycles. The van der Waals surface area contributed by atoms with Crippen molar-refractivity contribution >= 4 is 23.8 Å². The molecule has 0 aliphatic carbocycles. The lowest BCUT2D eigenvalue weighted by Gasteiger charge is -2.34. The molecular formula is C18H27N3O4S. The summed E-state index contributed by atoms with van der Waals surface area (Å²) in [4.78, 5) is 27.8. The molecule has 1 fully saturated rings. The summed E-state index contributed by atoms with van der Waals surface area (Å²) in [5.41, 5.74) is 2.30. The molecule has 2 N–H and O–H groups in total. The fourth-order valence-corrected chi connectivity index (χ4v) is 3.64. The van der Waals surface area contributed by atoms with Crippen LogP contribution in [0.15, 0.2) is 23.1 Å². The number of carbonyl (C=O) groups is 2. The minimum Gasteiger partial charge on any atom is -0.480 e. The zero-order valence-electron chi connectivity index (χ0n) is 15.5. The fraction of sp³-hybridized carbons (Fsp3) is 0.556. The average molecular weight is 381 g/mol. The molecule has 1 atom stereocenters. The number of aliphatic carboxylic acids is 1. The predicted octanol–water partition coefficient (Wildman–Crippen LogP) is 1.64. The number of hydrogen-bond donors (Lipinski definition) is 2. The molecule has 0 radical (unpaired) electrons. The first kappa shape index (κ1) is 20.5. The fourth-order valence-electron chi connectivity index (χ4n) is 2.94. The van der Waals surface area contributed by atoms with Gasteiger partial charge in [0.15, 0.2) is 0 Å². The van der Waals surface area contributed by atoms with Crippen LogP contribution in [0.2, 0.25) is 0 Å². The van der Waals surface area contributed by atoms with Gasteiger partial charge in [0, 0.05) is 31.1 Å². The molecular weight excluding hydrogens is 354 g/mol. The van der Waals surface area contributed by atoms with Gasteiger partial charge >= 0.3 is 12.0 Å². The number of nitrogens with zero attached hydrogens (tertiary/aromatic N) is 2. The molecule has 0 saturated carbocycles. The number of amides is 2. The number of ether oxygens (including phenoxy) is 1. The molecule has 0 spiro atoms. The smallest absolute Gasteiger partial charge is 0.317 e. The van der Waals surface area contributed by atoms with E-state index in [0.29, 0.717) is 32.8 Å². The van der Waals surface area contributed by atoms with Crippen molar-refractivity contribution in [3.63, 3.8) is 0 Å². The van der Waals surface area contributed by atoms with Crippen molar-refractivity contribution in [1.29, 1.82) is 0 Å². The summed E-state index contributed by atoms with van der Waals surface area (Å²) in [7, 11) is 1.73. The zero-order chi connectivity index (χ0) is 19.1. The van der Waals surface area contributed by atoms with E-state index in [1.54, 1.807) is 28.6 Å². The van der Waals surface area contributed by atoms with Gasteiger partial charge in [0.1, 0.15) is 0 Å². The Labute approximate surface area is 158 Å². The molecule has 2 rings (SSSR count). The third-order valence-corrected chi connectivity index (χ3v) is 5.04. The number of morpholine rings is 1. The highest BCUT2D eigenvalue weighted by Crippen LogP contribution is 2.21. The summed E-state index contributed by atoms with van der Waals surface area (Å²) in [6, 6.07) is 6.09. The van der Waals surface area contributed by atoms with Crippen LogP contribution in [0.5, 0.6) is 0 Å². The Bertz CT molecular complexity index is 641. The second-order valence-corrected chi connectivity index (χ2v) is 7.35. The van der Waals surface area contributed by atoms with Gasteiger partial charge in [-0.15, -0.1) is 11.8 Å². The van der Waals surface area contributed by atoms with E-state index in [-0.39, 0.29) is 18.7 Å². The Hall–Kier alpha value is -1.77. The summed E-state index contributed by atoms with van der Waals surface area (Å²) in [5.74, 6) is -0.874. The van der Waals surface area contributed by atoms with Gasteiger partial charge in [-0.3, -0.25) is 9.69 Å². The summed E-state index contributed by atoms with van der Waals surface area (Å²) in [6.45, 7) is 4.42. The number of carboxylic acid groups (broad SMARTS) is 1. The van der Waals surface area contributed by atoms with Crippen molar-refractivity contribution in [3.05, 3.63) is 29.3 Å². The van der Waals surface area contributed by atoms with E-state index in [1.807, 2.05) is 18.4 Å². The average Bonchev–Trinajstić information content (AvgIpc) is 2.59. The molecule has 8 heteroatoms. The van der Waals surface area contributed by atoms with Crippen LogP contribution in [-0.2, 0) is 16.1 Å². The standard InChI is InChI=1S/C18H27N3O4S/c1-13-4-5-14(16(8-13)26-3)9-19-18(24)21-6-7-25-15(11-21)10-20(2)12-17(22)23/h4-5,8,15H,6-7,9-12H2,1-3H3,(H,19,24)(H,22,23). The summed E-state index contributed by atoms with van der Waals surface area (Å²) >= 11 is 1.67. The van der Waals surface area contributed by atoms with Crippen LogP contribution < -0.4 is 5.32 Å². The molecule has 1 aromatic rings. The number of benzene rings is 1. The number of thioether (sulfide) groups is 1. The number of carbonyl (C=O) groups excluding carboxylic acids is 1. The molecule has 0 bridgehead atoms. The minimum absolute atomic E-state index is 0.0447. The molecule has 7 nitrogen and oxygen atoms in total. The zero-order valence-corrected chi connectivity index (χ0v) is 16.3. The van der Waals surface area contributed by atoms with Crippen molar-refractivity contribution in [3.8, 4) is 0 Å². The van der Waals surface area contributed by atoms with Crippen molar-refractivity contribution in [2.45, 2.75) is 24.5 Å². The molecule has 1 unspecified atom stereocenters. The number of hydrogen-bond acceptors (Lipinski definition) is 5. The number of aryl methyl sites for hydroxylation is 1. The van der Waals surface area contributed by atoms with Gasteiger partial charge in [0.05, 0.1) is 19.3 Å². The van der Waals surface area contributed by atoms with Crippen molar-refractivity contribution in [1.82, 2.24) is 15.1 Å². The Morgan fingerprint density at radius 3 is 2.92 bits per heavy atom. The Kier molecular flexibility index (Phi) is 7.74. The van der Waals surface area contributed by atoms with Crippen LogP contribution in [0.4, 0.5) is 4.79 Å². The highest BCUT2D eigenvalue weighted by Gasteiger charge is 2.25. The maximum atomic E-state index is 12.5. The molecule has 1 heterocycles. The van der Waals surface area contributed by atoms with Gasteiger partial charge in [-0.25, -0.2) is 4.79 Å². The van der Waals surface area contributed by atoms with E-state index in [2.05, 4.69) is 18.3 Å². The van der Waals surface area contributed by atoms with Gasteiger partial charge in [-0.05, 0) is 37.4 Å². The van der Waals surface area contributed by atoms with Gasteiger partial charge in [0.2, 0.25) is 0 Å². The largest absolute Gasteiger partial charge is 0.480 e. The number of urea groups is 1. The topological polar surface area (TPSA) is 82.1 Å². The monoisotopic (exact) mass is 381 g/mol. The summed E-state index contributed by atoms with van der Waals surface area (Å²) in [6.07, 6.45) is 1.85. The first-order chi connectivity index (χ1) is 12.4. The van der Waals surface area contributed by atoms with Gasteiger partial charge in [-0.1, -0.05) is 12.1 Å². The van der Waals surface area contributed by atoms with Gasteiger partial charge in [0.25, 0.3) is 0 Å². The van der Waals surface area contributed by atoms with E-state index in [0.717, 1.165) is 5.56 Å². The van der Waals surface area contributed by atoms with Crippen molar-refractivity contribution < 1.29 is 19.4 Å². The second kappa shape index (κ2) is 9.80. The van der Waals surface area contributed by atoms with Crippen LogP contribution in [0.3, 0.4) is 0 Å². The van der Waals surface area contributed by atoms with Crippen LogP contribution >= 0.6 is 11.8 Å². The first-order valence-electron chi connectivity index (χ1n) is 8.57. The second-order valence-electron chi connectivity index (χ2n) is 6.50. The highest BCUT2D eigenvalue weighted by molar-refractivity contribution is 7.98. The van der Waals surface area contributed by atoms with E-state index in [1.165, 1.54) is 10.5 Å². The Morgan fingerprint density at radius 1 is 1.46 bits per heavy atom. The highest BCUT2D eigenvalue weighted by atomic mass is 32.2.